The van der Waals surface area contributed by atoms with Crippen LogP contribution in [-0.4, -0.2) is 30.1 Å². The van der Waals surface area contributed by atoms with Crippen LogP contribution in [0.15, 0.2) is 48.8 Å². The number of rotatable bonds is 7. The maximum absolute atomic E-state index is 12.2. The molecule has 0 fully saturated rings. The average molecular weight is 395 g/mol. The summed E-state index contributed by atoms with van der Waals surface area (Å²) in [5.41, 5.74) is 2.73. The summed E-state index contributed by atoms with van der Waals surface area (Å²) in [7, 11) is 3.16. The molecule has 28 heavy (non-hydrogen) atoms. The molecule has 0 bridgehead atoms. The molecular formula is C21H21N3O3S. The number of pyridine rings is 1. The number of hydrogen-bond donors (Lipinski definition) is 1. The number of aryl methyl sites for hydroxylation is 1. The van der Waals surface area contributed by atoms with Gasteiger partial charge in [0, 0.05) is 28.9 Å². The third kappa shape index (κ3) is 4.75. The number of thiazole rings is 1. The third-order valence-electron chi connectivity index (χ3n) is 4.06. The van der Waals surface area contributed by atoms with Gasteiger partial charge in [-0.05, 0) is 42.8 Å². The predicted octanol–water partition coefficient (Wildman–Crippen LogP) is 3.86. The zero-order chi connectivity index (χ0) is 19.9. The monoisotopic (exact) mass is 395 g/mol. The molecule has 0 radical (unpaired) electrons. The van der Waals surface area contributed by atoms with Crippen molar-refractivity contribution in [2.75, 3.05) is 14.2 Å². The Morgan fingerprint density at radius 1 is 1.21 bits per heavy atom. The first-order chi connectivity index (χ1) is 13.6. The van der Waals surface area contributed by atoms with E-state index >= 15 is 0 Å². The molecule has 0 unspecified atom stereocenters. The Labute approximate surface area is 167 Å². The Hall–Kier alpha value is -3.19. The predicted molar refractivity (Wildman–Crippen MR) is 111 cm³/mol. The normalized spacial score (nSPS) is 10.8. The van der Waals surface area contributed by atoms with Gasteiger partial charge in [0.15, 0.2) is 11.5 Å². The van der Waals surface area contributed by atoms with Crippen molar-refractivity contribution in [1.82, 2.24) is 15.3 Å². The topological polar surface area (TPSA) is 73.3 Å². The maximum Gasteiger partial charge on any atom is 0.244 e. The highest BCUT2D eigenvalue weighted by Gasteiger charge is 2.10. The zero-order valence-electron chi connectivity index (χ0n) is 15.9. The van der Waals surface area contributed by atoms with E-state index in [-0.39, 0.29) is 5.91 Å². The molecule has 0 saturated carbocycles. The number of ether oxygens (including phenoxy) is 2. The molecule has 6 nitrogen and oxygen atoms in total. The molecule has 0 aliphatic carbocycles. The first kappa shape index (κ1) is 19.6. The summed E-state index contributed by atoms with van der Waals surface area (Å²) in [6.07, 6.45) is 6.75. The van der Waals surface area contributed by atoms with Gasteiger partial charge in [-0.3, -0.25) is 9.78 Å². The van der Waals surface area contributed by atoms with E-state index in [0.717, 1.165) is 26.7 Å². The molecule has 1 amide bonds. The lowest BCUT2D eigenvalue weighted by Crippen LogP contribution is -2.20. The molecule has 0 spiro atoms. The van der Waals surface area contributed by atoms with Gasteiger partial charge in [0.05, 0.1) is 26.5 Å². The van der Waals surface area contributed by atoms with Gasteiger partial charge in [-0.1, -0.05) is 6.07 Å². The second kappa shape index (κ2) is 9.14. The first-order valence-corrected chi connectivity index (χ1v) is 9.47. The molecule has 0 saturated heterocycles. The summed E-state index contributed by atoms with van der Waals surface area (Å²) >= 11 is 1.56. The standard InChI is InChI=1S/C21H21N3O3S/c1-14-19(28-21(24-14)16-5-4-10-22-12-16)13-23-20(25)9-7-15-6-8-17(26-2)18(11-15)27-3/h4-12H,13H2,1-3H3,(H,23,25)/b9-7+. The van der Waals surface area contributed by atoms with Crippen LogP contribution in [0.5, 0.6) is 11.5 Å². The fraction of sp³-hybridized carbons (Fsp3) is 0.190. The van der Waals surface area contributed by atoms with Crippen LogP contribution in [0.25, 0.3) is 16.6 Å². The van der Waals surface area contributed by atoms with Crippen molar-refractivity contribution >= 4 is 23.3 Å². The molecule has 3 rings (SSSR count). The number of carbonyl (C=O) groups is 1. The summed E-state index contributed by atoms with van der Waals surface area (Å²) in [6.45, 7) is 2.37. The molecule has 2 heterocycles. The summed E-state index contributed by atoms with van der Waals surface area (Å²) < 4.78 is 10.5. The molecular weight excluding hydrogens is 374 g/mol. The smallest absolute Gasteiger partial charge is 0.244 e. The Morgan fingerprint density at radius 2 is 2.04 bits per heavy atom. The lowest BCUT2D eigenvalue weighted by atomic mass is 10.2. The Morgan fingerprint density at radius 3 is 2.75 bits per heavy atom. The van der Waals surface area contributed by atoms with Gasteiger partial charge in [0.25, 0.3) is 0 Å². The highest BCUT2D eigenvalue weighted by Crippen LogP contribution is 2.28. The van der Waals surface area contributed by atoms with E-state index in [0.29, 0.717) is 18.0 Å². The van der Waals surface area contributed by atoms with Gasteiger partial charge >= 0.3 is 0 Å². The molecule has 0 aliphatic heterocycles. The van der Waals surface area contributed by atoms with Crippen molar-refractivity contribution in [3.8, 4) is 22.1 Å². The largest absolute Gasteiger partial charge is 0.493 e. The molecule has 2 aromatic heterocycles. The van der Waals surface area contributed by atoms with Crippen LogP contribution >= 0.6 is 11.3 Å². The average Bonchev–Trinajstić information content (AvgIpc) is 3.11. The molecule has 3 aromatic rings. The van der Waals surface area contributed by atoms with Crippen molar-refractivity contribution in [3.05, 3.63) is 64.9 Å². The van der Waals surface area contributed by atoms with Gasteiger partial charge in [0.1, 0.15) is 5.01 Å². The minimum atomic E-state index is -0.175. The van der Waals surface area contributed by atoms with E-state index < -0.39 is 0 Å². The van der Waals surface area contributed by atoms with Gasteiger partial charge < -0.3 is 14.8 Å². The van der Waals surface area contributed by atoms with Crippen molar-refractivity contribution in [2.45, 2.75) is 13.5 Å². The second-order valence-corrected chi connectivity index (χ2v) is 7.02. The van der Waals surface area contributed by atoms with Crippen LogP contribution in [0.2, 0.25) is 0 Å². The van der Waals surface area contributed by atoms with E-state index in [2.05, 4.69) is 15.3 Å². The number of methoxy groups -OCH3 is 2. The first-order valence-electron chi connectivity index (χ1n) is 8.65. The lowest BCUT2D eigenvalue weighted by molar-refractivity contribution is -0.116. The summed E-state index contributed by atoms with van der Waals surface area (Å²) in [5, 5.41) is 3.80. The number of hydrogen-bond acceptors (Lipinski definition) is 6. The van der Waals surface area contributed by atoms with Gasteiger partial charge in [-0.2, -0.15) is 0 Å². The van der Waals surface area contributed by atoms with Crippen LogP contribution in [0.1, 0.15) is 16.1 Å². The fourth-order valence-electron chi connectivity index (χ4n) is 2.56. The van der Waals surface area contributed by atoms with Crippen LogP contribution in [-0.2, 0) is 11.3 Å². The van der Waals surface area contributed by atoms with Gasteiger partial charge in [0.2, 0.25) is 5.91 Å². The van der Waals surface area contributed by atoms with Crippen molar-refractivity contribution in [1.29, 1.82) is 0 Å². The Bertz CT molecular complexity index is 984. The number of aromatic nitrogens is 2. The quantitative estimate of drug-likeness (QED) is 0.615. The van der Waals surface area contributed by atoms with E-state index in [1.165, 1.54) is 6.08 Å². The van der Waals surface area contributed by atoms with E-state index in [1.54, 1.807) is 50.1 Å². The molecule has 0 atom stereocenters. The number of nitrogens with zero attached hydrogens (tertiary/aromatic N) is 2. The maximum atomic E-state index is 12.2. The molecule has 0 aliphatic rings. The second-order valence-electron chi connectivity index (χ2n) is 5.93. The SMILES string of the molecule is COc1ccc(/C=C/C(=O)NCc2sc(-c3cccnc3)nc2C)cc1OC. The van der Waals surface area contributed by atoms with Crippen molar-refractivity contribution in [2.24, 2.45) is 0 Å². The minimum absolute atomic E-state index is 0.175. The van der Waals surface area contributed by atoms with Crippen LogP contribution in [0.3, 0.4) is 0 Å². The Kier molecular flexibility index (Phi) is 6.39. The van der Waals surface area contributed by atoms with Crippen molar-refractivity contribution < 1.29 is 14.3 Å². The Balaban J connectivity index is 1.62. The van der Waals surface area contributed by atoms with Gasteiger partial charge in [-0.15, -0.1) is 11.3 Å². The minimum Gasteiger partial charge on any atom is -0.493 e. The van der Waals surface area contributed by atoms with E-state index in [4.69, 9.17) is 9.47 Å². The molecule has 7 heteroatoms. The summed E-state index contributed by atoms with van der Waals surface area (Å²) in [6, 6.07) is 9.33. The number of benzene rings is 1. The third-order valence-corrected chi connectivity index (χ3v) is 5.27. The fourth-order valence-corrected chi connectivity index (χ4v) is 3.55. The molecule has 1 N–H and O–H groups in total. The summed E-state index contributed by atoms with van der Waals surface area (Å²) in [4.78, 5) is 21.9. The highest BCUT2D eigenvalue weighted by atomic mass is 32.1. The van der Waals surface area contributed by atoms with E-state index in [1.807, 2.05) is 31.2 Å². The van der Waals surface area contributed by atoms with Crippen molar-refractivity contribution in [3.63, 3.8) is 0 Å². The molecule has 144 valence electrons. The zero-order valence-corrected chi connectivity index (χ0v) is 16.7. The van der Waals surface area contributed by atoms with Crippen LogP contribution in [0.4, 0.5) is 0 Å². The number of amides is 1. The number of nitrogens with one attached hydrogen (secondary N) is 1. The van der Waals surface area contributed by atoms with Gasteiger partial charge in [-0.25, -0.2) is 4.98 Å². The number of carbonyl (C=O) groups excluding carboxylic acids is 1. The van der Waals surface area contributed by atoms with E-state index in [9.17, 15) is 4.79 Å². The van der Waals surface area contributed by atoms with Crippen LogP contribution < -0.4 is 14.8 Å². The molecule has 1 aromatic carbocycles. The highest BCUT2D eigenvalue weighted by molar-refractivity contribution is 7.15. The van der Waals surface area contributed by atoms with Crippen LogP contribution in [0, 0.1) is 6.92 Å². The summed E-state index contributed by atoms with van der Waals surface area (Å²) in [5.74, 6) is 1.09. The lowest BCUT2D eigenvalue weighted by Gasteiger charge is -2.07.